The molecule has 2 heterocycles. The van der Waals surface area contributed by atoms with Crippen LogP contribution in [0.25, 0.3) is 10.9 Å². The molecule has 3 aromatic rings. The fourth-order valence-electron chi connectivity index (χ4n) is 1.83. The molecule has 0 spiro atoms. The van der Waals surface area contributed by atoms with Crippen LogP contribution in [-0.2, 0) is 0 Å². The highest BCUT2D eigenvalue weighted by Crippen LogP contribution is 2.31. The summed E-state index contributed by atoms with van der Waals surface area (Å²) in [6.07, 6.45) is 5.07. The molecular weight excluding hydrogens is 306 g/mol. The zero-order chi connectivity index (χ0) is 13.2. The molecule has 0 radical (unpaired) electrons. The lowest BCUT2D eigenvalue weighted by atomic mass is 10.1. The van der Waals surface area contributed by atoms with E-state index in [1.54, 1.807) is 18.6 Å². The van der Waals surface area contributed by atoms with Crippen LogP contribution >= 0.6 is 15.9 Å². The number of rotatable bonds is 2. The molecule has 0 aliphatic carbocycles. The van der Waals surface area contributed by atoms with Gasteiger partial charge in [-0.2, -0.15) is 0 Å². The van der Waals surface area contributed by atoms with Gasteiger partial charge >= 0.3 is 0 Å². The number of ether oxygens (including phenoxy) is 1. The molecule has 2 aromatic heterocycles. The average molecular weight is 316 g/mol. The molecule has 2 N–H and O–H groups in total. The van der Waals surface area contributed by atoms with Gasteiger partial charge in [0.1, 0.15) is 11.3 Å². The molecular formula is C14H10BrN3O. The van der Waals surface area contributed by atoms with Crippen molar-refractivity contribution >= 4 is 32.5 Å². The fraction of sp³-hybridized carbons (Fsp3) is 0. The van der Waals surface area contributed by atoms with Gasteiger partial charge < -0.3 is 10.5 Å². The largest absolute Gasteiger partial charge is 0.453 e. The lowest BCUT2D eigenvalue weighted by molar-refractivity contribution is 0.484. The molecule has 19 heavy (non-hydrogen) atoms. The van der Waals surface area contributed by atoms with Gasteiger partial charge in [-0.25, -0.2) is 0 Å². The van der Waals surface area contributed by atoms with E-state index in [-0.39, 0.29) is 0 Å². The number of anilines is 1. The summed E-state index contributed by atoms with van der Waals surface area (Å²) in [4.78, 5) is 8.38. The number of fused-ring (bicyclic) bond motifs is 1. The van der Waals surface area contributed by atoms with Gasteiger partial charge in [-0.05, 0) is 46.3 Å². The first-order valence-corrected chi connectivity index (χ1v) is 6.45. The molecule has 1 aromatic carbocycles. The number of nitrogen functional groups attached to an aromatic ring is 1. The molecule has 0 atom stereocenters. The Kier molecular flexibility index (Phi) is 3.05. The van der Waals surface area contributed by atoms with E-state index in [4.69, 9.17) is 10.5 Å². The highest BCUT2D eigenvalue weighted by molar-refractivity contribution is 9.10. The molecule has 0 aliphatic rings. The van der Waals surface area contributed by atoms with E-state index in [1.807, 2.05) is 30.3 Å². The van der Waals surface area contributed by atoms with E-state index in [2.05, 4.69) is 25.9 Å². The molecule has 0 aliphatic heterocycles. The van der Waals surface area contributed by atoms with E-state index in [0.717, 1.165) is 15.4 Å². The number of nitrogens with two attached hydrogens (primary N) is 1. The third kappa shape index (κ3) is 2.37. The van der Waals surface area contributed by atoms with Crippen molar-refractivity contribution in [2.24, 2.45) is 0 Å². The molecule has 0 unspecified atom stereocenters. The van der Waals surface area contributed by atoms with Gasteiger partial charge in [0.05, 0.1) is 6.20 Å². The summed E-state index contributed by atoms with van der Waals surface area (Å²) in [7, 11) is 0. The number of hydrogen-bond acceptors (Lipinski definition) is 4. The highest BCUT2D eigenvalue weighted by atomic mass is 79.9. The number of benzene rings is 1. The summed E-state index contributed by atoms with van der Waals surface area (Å²) in [5, 5.41) is 0.878. The van der Waals surface area contributed by atoms with Gasteiger partial charge in [-0.1, -0.05) is 0 Å². The first-order chi connectivity index (χ1) is 9.24. The second kappa shape index (κ2) is 4.85. The zero-order valence-corrected chi connectivity index (χ0v) is 11.5. The smallest absolute Gasteiger partial charge is 0.153 e. The number of nitrogens with zero attached hydrogens (tertiary/aromatic N) is 2. The van der Waals surface area contributed by atoms with Crippen molar-refractivity contribution in [3.05, 3.63) is 53.4 Å². The summed E-state index contributed by atoms with van der Waals surface area (Å²) < 4.78 is 6.68. The van der Waals surface area contributed by atoms with Crippen LogP contribution in [0.15, 0.2) is 53.4 Å². The summed E-state index contributed by atoms with van der Waals surface area (Å²) >= 11 is 3.36. The first kappa shape index (κ1) is 11.9. The van der Waals surface area contributed by atoms with Crippen LogP contribution < -0.4 is 10.5 Å². The molecule has 0 fully saturated rings. The van der Waals surface area contributed by atoms with Crippen molar-refractivity contribution in [2.45, 2.75) is 0 Å². The topological polar surface area (TPSA) is 61.0 Å². The van der Waals surface area contributed by atoms with Crippen LogP contribution in [0.3, 0.4) is 0 Å². The van der Waals surface area contributed by atoms with Crippen molar-refractivity contribution in [2.75, 3.05) is 5.73 Å². The van der Waals surface area contributed by atoms with Crippen LogP contribution in [-0.4, -0.2) is 9.97 Å². The Balaban J connectivity index is 2.09. The van der Waals surface area contributed by atoms with Crippen molar-refractivity contribution < 1.29 is 4.74 Å². The van der Waals surface area contributed by atoms with E-state index < -0.39 is 0 Å². The summed E-state index contributed by atoms with van der Waals surface area (Å²) in [6, 6.07) is 9.24. The Hall–Kier alpha value is -2.14. The zero-order valence-electron chi connectivity index (χ0n) is 9.88. The SMILES string of the molecule is Nc1ccc(Oc2cncc(Br)c2)c2ncccc12. The predicted molar refractivity (Wildman–Crippen MR) is 78.2 cm³/mol. The highest BCUT2D eigenvalue weighted by Gasteiger charge is 2.07. The molecule has 4 nitrogen and oxygen atoms in total. The van der Waals surface area contributed by atoms with Crippen molar-refractivity contribution in [3.63, 3.8) is 0 Å². The van der Waals surface area contributed by atoms with Crippen molar-refractivity contribution in [1.82, 2.24) is 9.97 Å². The van der Waals surface area contributed by atoms with Crippen LogP contribution in [0.2, 0.25) is 0 Å². The molecule has 94 valence electrons. The number of hydrogen-bond donors (Lipinski definition) is 1. The third-order valence-electron chi connectivity index (χ3n) is 2.67. The van der Waals surface area contributed by atoms with Crippen LogP contribution in [0, 0.1) is 0 Å². The summed E-state index contributed by atoms with van der Waals surface area (Å²) in [5.74, 6) is 1.30. The van der Waals surface area contributed by atoms with E-state index >= 15 is 0 Å². The summed E-state index contributed by atoms with van der Waals surface area (Å²) in [5.41, 5.74) is 7.35. The van der Waals surface area contributed by atoms with E-state index in [0.29, 0.717) is 17.2 Å². The number of aromatic nitrogens is 2. The normalized spacial score (nSPS) is 10.6. The standard InChI is InChI=1S/C14H10BrN3O/c15-9-6-10(8-17-7-9)19-13-4-3-12(16)11-2-1-5-18-14(11)13/h1-8H,16H2. The van der Waals surface area contributed by atoms with Crippen molar-refractivity contribution in [1.29, 1.82) is 0 Å². The monoisotopic (exact) mass is 315 g/mol. The Labute approximate surface area is 118 Å². The van der Waals surface area contributed by atoms with Gasteiger partial charge in [-0.15, -0.1) is 0 Å². The van der Waals surface area contributed by atoms with Gasteiger partial charge in [0.2, 0.25) is 0 Å². The second-order valence-corrected chi connectivity index (χ2v) is 4.91. The number of halogens is 1. The van der Waals surface area contributed by atoms with Crippen LogP contribution in [0.5, 0.6) is 11.5 Å². The van der Waals surface area contributed by atoms with Crippen LogP contribution in [0.4, 0.5) is 5.69 Å². The molecule has 0 bridgehead atoms. The lowest BCUT2D eigenvalue weighted by Gasteiger charge is -2.09. The minimum Gasteiger partial charge on any atom is -0.453 e. The maximum Gasteiger partial charge on any atom is 0.153 e. The Bertz CT molecular complexity index is 746. The molecule has 0 amide bonds. The molecule has 0 saturated heterocycles. The van der Waals surface area contributed by atoms with Gasteiger partial charge in [0.15, 0.2) is 5.75 Å². The Morgan fingerprint density at radius 3 is 2.89 bits per heavy atom. The minimum atomic E-state index is 0.645. The molecule has 3 rings (SSSR count). The maximum atomic E-state index is 5.93. The first-order valence-electron chi connectivity index (χ1n) is 5.65. The average Bonchev–Trinajstić information content (AvgIpc) is 2.42. The maximum absolute atomic E-state index is 5.93. The second-order valence-electron chi connectivity index (χ2n) is 3.99. The summed E-state index contributed by atoms with van der Waals surface area (Å²) in [6.45, 7) is 0. The van der Waals surface area contributed by atoms with Gasteiger partial charge in [0, 0.05) is 27.9 Å². The van der Waals surface area contributed by atoms with Gasteiger partial charge in [-0.3, -0.25) is 9.97 Å². The van der Waals surface area contributed by atoms with E-state index in [1.165, 1.54) is 0 Å². The lowest BCUT2D eigenvalue weighted by Crippen LogP contribution is -1.92. The van der Waals surface area contributed by atoms with E-state index in [9.17, 15) is 0 Å². The third-order valence-corrected chi connectivity index (χ3v) is 3.11. The van der Waals surface area contributed by atoms with Gasteiger partial charge in [0.25, 0.3) is 0 Å². The van der Waals surface area contributed by atoms with Crippen molar-refractivity contribution in [3.8, 4) is 11.5 Å². The fourth-order valence-corrected chi connectivity index (χ4v) is 2.17. The molecule has 0 saturated carbocycles. The quantitative estimate of drug-likeness (QED) is 0.731. The predicted octanol–water partition coefficient (Wildman–Crippen LogP) is 3.77. The Morgan fingerprint density at radius 1 is 1.16 bits per heavy atom. The van der Waals surface area contributed by atoms with Crippen LogP contribution in [0.1, 0.15) is 0 Å². The molecule has 5 heteroatoms. The Morgan fingerprint density at radius 2 is 2.05 bits per heavy atom. The number of pyridine rings is 2. The minimum absolute atomic E-state index is 0.645.